The van der Waals surface area contributed by atoms with E-state index in [0.29, 0.717) is 18.1 Å². The Morgan fingerprint density at radius 3 is 1.98 bits per heavy atom. The smallest absolute Gasteiger partial charge is 0.338 e. The molecule has 1 heterocycles. The Morgan fingerprint density at radius 2 is 1.46 bits per heavy atom. The molecule has 0 atom stereocenters. The highest BCUT2D eigenvalue weighted by molar-refractivity contribution is 7.98. The van der Waals surface area contributed by atoms with Crippen molar-refractivity contribution in [1.82, 2.24) is 0 Å². The molecule has 0 unspecified atom stereocenters. The highest BCUT2D eigenvalue weighted by Gasteiger charge is 2.21. The monoisotopic (exact) mass is 598 g/mol. The largest absolute Gasteiger partial charge is 0.462 e. The summed E-state index contributed by atoms with van der Waals surface area (Å²) >= 11 is 7.45. The van der Waals surface area contributed by atoms with E-state index in [1.165, 1.54) is 34.3 Å². The molecule has 1 fully saturated rings. The number of ether oxygens (including phenoxy) is 1. The number of benzene rings is 3. The summed E-state index contributed by atoms with van der Waals surface area (Å²) in [6.45, 7) is 18.5. The van der Waals surface area contributed by atoms with Crippen molar-refractivity contribution in [3.05, 3.63) is 88.9 Å². The lowest BCUT2D eigenvalue weighted by Crippen LogP contribution is -2.34. The molecule has 3 aromatic carbocycles. The van der Waals surface area contributed by atoms with E-state index in [2.05, 4.69) is 62.1 Å². The molecule has 0 aliphatic carbocycles. The lowest BCUT2D eigenvalue weighted by molar-refractivity contribution is 0.0526. The van der Waals surface area contributed by atoms with E-state index in [1.807, 2.05) is 71.0 Å². The number of anilines is 1. The van der Waals surface area contributed by atoms with Gasteiger partial charge in [-0.05, 0) is 106 Å². The van der Waals surface area contributed by atoms with E-state index in [-0.39, 0.29) is 10.7 Å². The van der Waals surface area contributed by atoms with Gasteiger partial charge in [-0.15, -0.1) is 0 Å². The van der Waals surface area contributed by atoms with Crippen LogP contribution in [0.4, 0.5) is 5.69 Å². The van der Waals surface area contributed by atoms with Crippen LogP contribution in [0.2, 0.25) is 5.02 Å². The minimum atomic E-state index is -0.257. The maximum absolute atomic E-state index is 11.9. The summed E-state index contributed by atoms with van der Waals surface area (Å²) in [5.74, 6) is 0.413. The summed E-state index contributed by atoms with van der Waals surface area (Å²) in [7, 11) is 0. The van der Waals surface area contributed by atoms with Gasteiger partial charge in [0, 0.05) is 28.5 Å². The van der Waals surface area contributed by atoms with E-state index in [1.54, 1.807) is 0 Å². The second kappa shape index (κ2) is 19.6. The van der Waals surface area contributed by atoms with Gasteiger partial charge in [0.15, 0.2) is 0 Å². The van der Waals surface area contributed by atoms with Gasteiger partial charge in [0.2, 0.25) is 0 Å². The molecule has 0 bridgehead atoms. The van der Waals surface area contributed by atoms with Crippen molar-refractivity contribution in [2.45, 2.75) is 79.4 Å². The van der Waals surface area contributed by atoms with Crippen LogP contribution in [0.15, 0.2) is 72.8 Å². The molecule has 0 aromatic heterocycles. The maximum atomic E-state index is 11.9. The van der Waals surface area contributed by atoms with Gasteiger partial charge in [-0.2, -0.15) is 0 Å². The minimum absolute atomic E-state index is 0.236. The third-order valence-corrected chi connectivity index (χ3v) is 7.35. The molecule has 0 amide bonds. The number of carbonyl (C=O) groups is 1. The molecular formula is C35H51ClN2O2S. The first kappa shape index (κ1) is 36.6. The van der Waals surface area contributed by atoms with Gasteiger partial charge in [0.25, 0.3) is 0 Å². The first-order valence-electron chi connectivity index (χ1n) is 14.9. The molecule has 1 aliphatic rings. The number of rotatable bonds is 6. The van der Waals surface area contributed by atoms with Gasteiger partial charge in [0.1, 0.15) is 0 Å². The van der Waals surface area contributed by atoms with Crippen molar-refractivity contribution in [3.63, 3.8) is 0 Å². The van der Waals surface area contributed by atoms with Crippen molar-refractivity contribution < 1.29 is 9.53 Å². The summed E-state index contributed by atoms with van der Waals surface area (Å²) in [5, 5.41) is 5.99. The van der Waals surface area contributed by atoms with Gasteiger partial charge in [-0.25, -0.2) is 4.79 Å². The van der Waals surface area contributed by atoms with Gasteiger partial charge in [0.05, 0.1) is 12.2 Å². The SMILES string of the molecule is CC.CC.CC(C)(C)SN.CCOC(=O)c1ccc(N2CCC(Cc3ccccc3-c3ccc(Cl)cc3)CC2)cc1. The Morgan fingerprint density at radius 1 is 0.927 bits per heavy atom. The molecule has 1 saturated heterocycles. The lowest BCUT2D eigenvalue weighted by Gasteiger charge is -2.34. The number of carbonyl (C=O) groups excluding carboxylic acids is 1. The number of nitrogens with zero attached hydrogens (tertiary/aromatic N) is 1. The van der Waals surface area contributed by atoms with Crippen LogP contribution in [-0.4, -0.2) is 30.4 Å². The predicted molar refractivity (Wildman–Crippen MR) is 182 cm³/mol. The third kappa shape index (κ3) is 12.9. The quantitative estimate of drug-likeness (QED) is 0.226. The summed E-state index contributed by atoms with van der Waals surface area (Å²) in [4.78, 5) is 14.3. The topological polar surface area (TPSA) is 55.6 Å². The molecule has 0 saturated carbocycles. The standard InChI is InChI=1S/C27H28ClNO2.C4H11NS.2C2H6/c1-2-31-27(30)22-9-13-25(14-10-22)29-17-15-20(16-18-29)19-23-5-3-4-6-26(23)21-7-11-24(28)12-8-21;1-4(2,3)6-5;2*1-2/h3-14,20H,2,15-19H2,1H3;5H2,1-3H3;2*1-2H3. The van der Waals surface area contributed by atoms with E-state index in [0.717, 1.165) is 37.4 Å². The summed E-state index contributed by atoms with van der Waals surface area (Å²) in [6.07, 6.45) is 3.41. The van der Waals surface area contributed by atoms with Crippen molar-refractivity contribution in [2.24, 2.45) is 11.1 Å². The van der Waals surface area contributed by atoms with E-state index in [9.17, 15) is 4.79 Å². The Labute approximate surface area is 259 Å². The van der Waals surface area contributed by atoms with Crippen LogP contribution >= 0.6 is 23.5 Å². The van der Waals surface area contributed by atoms with Crippen molar-refractivity contribution in [1.29, 1.82) is 0 Å². The van der Waals surface area contributed by atoms with E-state index in [4.69, 9.17) is 21.5 Å². The van der Waals surface area contributed by atoms with Crippen molar-refractivity contribution in [2.75, 3.05) is 24.6 Å². The molecule has 226 valence electrons. The van der Waals surface area contributed by atoms with Gasteiger partial charge >= 0.3 is 5.97 Å². The first-order chi connectivity index (χ1) is 19.7. The molecule has 3 aromatic rings. The van der Waals surface area contributed by atoms with Crippen LogP contribution in [0.3, 0.4) is 0 Å². The fourth-order valence-corrected chi connectivity index (χ4v) is 4.46. The average Bonchev–Trinajstić information content (AvgIpc) is 3.00. The van der Waals surface area contributed by atoms with Crippen LogP contribution in [0.5, 0.6) is 0 Å². The Kier molecular flexibility index (Phi) is 17.5. The van der Waals surface area contributed by atoms with E-state index < -0.39 is 0 Å². The van der Waals surface area contributed by atoms with Crippen molar-refractivity contribution >= 4 is 35.2 Å². The van der Waals surface area contributed by atoms with Crippen LogP contribution in [-0.2, 0) is 11.2 Å². The van der Waals surface area contributed by atoms with Gasteiger partial charge < -0.3 is 9.64 Å². The average molecular weight is 599 g/mol. The zero-order valence-corrected chi connectivity index (χ0v) is 27.9. The molecule has 6 heteroatoms. The second-order valence-electron chi connectivity index (χ2n) is 10.3. The zero-order chi connectivity index (χ0) is 30.8. The third-order valence-electron chi connectivity index (χ3n) is 6.39. The molecule has 4 rings (SSSR count). The number of hydrogen-bond donors (Lipinski definition) is 1. The molecular weight excluding hydrogens is 548 g/mol. The lowest BCUT2D eigenvalue weighted by atomic mass is 9.87. The number of esters is 1. The Bertz CT molecular complexity index is 1120. The maximum Gasteiger partial charge on any atom is 0.338 e. The Hall–Kier alpha value is -2.47. The summed E-state index contributed by atoms with van der Waals surface area (Å²) in [6, 6.07) is 24.6. The number of piperidine rings is 1. The fourth-order valence-electron chi connectivity index (χ4n) is 4.34. The first-order valence-corrected chi connectivity index (χ1v) is 16.2. The predicted octanol–water partition coefficient (Wildman–Crippen LogP) is 10.1. The molecule has 41 heavy (non-hydrogen) atoms. The molecule has 1 aliphatic heterocycles. The van der Waals surface area contributed by atoms with Crippen LogP contribution < -0.4 is 10.0 Å². The number of nitrogens with two attached hydrogens (primary N) is 1. The van der Waals surface area contributed by atoms with Crippen LogP contribution in [0.25, 0.3) is 11.1 Å². The summed E-state index contributed by atoms with van der Waals surface area (Å²) in [5.41, 5.74) is 5.71. The normalized spacial score (nSPS) is 13.0. The number of halogens is 1. The molecule has 2 N–H and O–H groups in total. The van der Waals surface area contributed by atoms with Gasteiger partial charge in [-0.1, -0.05) is 87.6 Å². The van der Waals surface area contributed by atoms with E-state index >= 15 is 0 Å². The number of hydrogen-bond acceptors (Lipinski definition) is 5. The molecule has 0 radical (unpaired) electrons. The summed E-state index contributed by atoms with van der Waals surface area (Å²) < 4.78 is 5.31. The van der Waals surface area contributed by atoms with Crippen LogP contribution in [0, 0.1) is 5.92 Å². The molecule has 0 spiro atoms. The minimum Gasteiger partial charge on any atom is -0.462 e. The van der Waals surface area contributed by atoms with Crippen molar-refractivity contribution in [3.8, 4) is 11.1 Å². The fraction of sp³-hybridized carbons (Fsp3) is 0.457. The van der Waals surface area contributed by atoms with Crippen LogP contribution in [0.1, 0.15) is 84.2 Å². The highest BCUT2D eigenvalue weighted by Crippen LogP contribution is 2.31. The Balaban J connectivity index is 0.000000737. The highest BCUT2D eigenvalue weighted by atomic mass is 35.5. The second-order valence-corrected chi connectivity index (χ2v) is 12.2. The molecule has 4 nitrogen and oxygen atoms in total. The zero-order valence-electron chi connectivity index (χ0n) is 26.4. The van der Waals surface area contributed by atoms with Gasteiger partial charge in [-0.3, -0.25) is 5.14 Å².